The third-order valence-corrected chi connectivity index (χ3v) is 2.79. The van der Waals surface area contributed by atoms with Crippen LogP contribution in [0, 0.1) is 6.92 Å². The summed E-state index contributed by atoms with van der Waals surface area (Å²) in [6.07, 6.45) is 0. The zero-order valence-electron chi connectivity index (χ0n) is 10.1. The van der Waals surface area contributed by atoms with Crippen LogP contribution in [0.25, 0.3) is 10.8 Å². The molecule has 0 fully saturated rings. The summed E-state index contributed by atoms with van der Waals surface area (Å²) < 4.78 is 9.90. The molecule has 0 saturated heterocycles. The number of carbonyl (C=O) groups excluding carboxylic acids is 1. The Kier molecular flexibility index (Phi) is 3.00. The van der Waals surface area contributed by atoms with Gasteiger partial charge in [-0.3, -0.25) is 0 Å². The minimum atomic E-state index is -0.321. The summed E-state index contributed by atoms with van der Waals surface area (Å²) in [5.74, 6) is 0.455. The Bertz CT molecular complexity index is 573. The molecule has 0 aliphatic heterocycles. The van der Waals surface area contributed by atoms with E-state index in [2.05, 4.69) is 0 Å². The van der Waals surface area contributed by atoms with Crippen molar-refractivity contribution in [3.8, 4) is 5.75 Å². The number of hydrogen-bond donors (Lipinski definition) is 0. The lowest BCUT2D eigenvalue weighted by Gasteiger charge is -2.07. The molecule has 0 aliphatic carbocycles. The number of rotatable bonds is 2. The zero-order valence-corrected chi connectivity index (χ0v) is 10.1. The van der Waals surface area contributed by atoms with Gasteiger partial charge in [-0.1, -0.05) is 6.07 Å². The molecule has 88 valence electrons. The Hall–Kier alpha value is -2.03. The number of aryl methyl sites for hydroxylation is 1. The minimum absolute atomic E-state index is 0.321. The highest BCUT2D eigenvalue weighted by molar-refractivity contribution is 5.97. The molecule has 0 heterocycles. The van der Waals surface area contributed by atoms with Gasteiger partial charge in [0.05, 0.1) is 19.8 Å². The highest BCUT2D eigenvalue weighted by atomic mass is 16.5. The lowest BCUT2D eigenvalue weighted by Crippen LogP contribution is -2.01. The number of esters is 1. The molecule has 0 unspecified atom stereocenters. The maximum atomic E-state index is 11.5. The predicted octanol–water partition coefficient (Wildman–Crippen LogP) is 2.94. The van der Waals surface area contributed by atoms with Crippen molar-refractivity contribution in [3.05, 3.63) is 41.5 Å². The van der Waals surface area contributed by atoms with Gasteiger partial charge < -0.3 is 9.47 Å². The topological polar surface area (TPSA) is 35.5 Å². The fraction of sp³-hybridized carbons (Fsp3) is 0.214. The van der Waals surface area contributed by atoms with E-state index in [-0.39, 0.29) is 5.97 Å². The van der Waals surface area contributed by atoms with Crippen molar-refractivity contribution < 1.29 is 14.3 Å². The highest BCUT2D eigenvalue weighted by Crippen LogP contribution is 2.25. The van der Waals surface area contributed by atoms with Crippen molar-refractivity contribution in [1.29, 1.82) is 0 Å². The monoisotopic (exact) mass is 230 g/mol. The fourth-order valence-electron chi connectivity index (χ4n) is 1.90. The molecule has 2 aromatic rings. The van der Waals surface area contributed by atoms with Gasteiger partial charge >= 0.3 is 5.97 Å². The van der Waals surface area contributed by atoms with E-state index in [0.717, 1.165) is 22.1 Å². The van der Waals surface area contributed by atoms with Crippen LogP contribution in [-0.4, -0.2) is 20.2 Å². The van der Waals surface area contributed by atoms with E-state index >= 15 is 0 Å². The minimum Gasteiger partial charge on any atom is -0.497 e. The first-order chi connectivity index (χ1) is 8.15. The number of benzene rings is 2. The number of hydrogen-bond acceptors (Lipinski definition) is 3. The number of fused-ring (bicyclic) bond motifs is 1. The third kappa shape index (κ3) is 2.09. The first kappa shape index (κ1) is 11.5. The normalized spacial score (nSPS) is 10.3. The van der Waals surface area contributed by atoms with Crippen molar-refractivity contribution in [2.45, 2.75) is 6.92 Å². The maximum Gasteiger partial charge on any atom is 0.337 e. The molecule has 0 amide bonds. The van der Waals surface area contributed by atoms with Crippen molar-refractivity contribution in [2.75, 3.05) is 14.2 Å². The first-order valence-corrected chi connectivity index (χ1v) is 5.32. The SMILES string of the molecule is COC(=O)c1cc(C)c2ccc(OC)cc2c1. The Labute approximate surface area is 100.0 Å². The van der Waals surface area contributed by atoms with E-state index in [0.29, 0.717) is 5.56 Å². The van der Waals surface area contributed by atoms with E-state index in [1.165, 1.54) is 7.11 Å². The van der Waals surface area contributed by atoms with E-state index in [9.17, 15) is 4.79 Å². The Morgan fingerprint density at radius 1 is 1.12 bits per heavy atom. The van der Waals surface area contributed by atoms with Crippen molar-refractivity contribution in [3.63, 3.8) is 0 Å². The maximum absolute atomic E-state index is 11.5. The van der Waals surface area contributed by atoms with Crippen molar-refractivity contribution in [1.82, 2.24) is 0 Å². The smallest absolute Gasteiger partial charge is 0.337 e. The molecule has 17 heavy (non-hydrogen) atoms. The molecule has 0 atom stereocenters. The van der Waals surface area contributed by atoms with Crippen LogP contribution in [0.2, 0.25) is 0 Å². The van der Waals surface area contributed by atoms with Crippen LogP contribution >= 0.6 is 0 Å². The second-order valence-corrected chi connectivity index (χ2v) is 3.87. The molecule has 0 aromatic heterocycles. The lowest BCUT2D eigenvalue weighted by atomic mass is 10.0. The largest absolute Gasteiger partial charge is 0.497 e. The second kappa shape index (κ2) is 4.45. The van der Waals surface area contributed by atoms with Crippen molar-refractivity contribution in [2.24, 2.45) is 0 Å². The molecule has 0 saturated carbocycles. The average molecular weight is 230 g/mol. The Morgan fingerprint density at radius 3 is 2.53 bits per heavy atom. The van der Waals surface area contributed by atoms with Crippen molar-refractivity contribution >= 4 is 16.7 Å². The van der Waals surface area contributed by atoms with E-state index in [1.54, 1.807) is 7.11 Å². The number of methoxy groups -OCH3 is 2. The van der Waals surface area contributed by atoms with Crippen LogP contribution in [-0.2, 0) is 4.74 Å². The van der Waals surface area contributed by atoms with Gasteiger partial charge in [0.2, 0.25) is 0 Å². The standard InChI is InChI=1S/C14H14O3/c1-9-6-11(14(15)17-3)7-10-8-12(16-2)4-5-13(9)10/h4-8H,1-3H3. The van der Waals surface area contributed by atoms with Crippen LogP contribution in [0.15, 0.2) is 30.3 Å². The van der Waals surface area contributed by atoms with Gasteiger partial charge in [0.15, 0.2) is 0 Å². The van der Waals surface area contributed by atoms with Gasteiger partial charge in [-0.2, -0.15) is 0 Å². The second-order valence-electron chi connectivity index (χ2n) is 3.87. The van der Waals surface area contributed by atoms with E-state index in [4.69, 9.17) is 9.47 Å². The Balaban J connectivity index is 2.65. The number of carbonyl (C=O) groups is 1. The molecule has 0 spiro atoms. The quantitative estimate of drug-likeness (QED) is 0.744. The summed E-state index contributed by atoms with van der Waals surface area (Å²) in [6, 6.07) is 9.46. The summed E-state index contributed by atoms with van der Waals surface area (Å²) in [4.78, 5) is 11.5. The lowest BCUT2D eigenvalue weighted by molar-refractivity contribution is 0.0601. The first-order valence-electron chi connectivity index (χ1n) is 5.32. The molecule has 2 aromatic carbocycles. The van der Waals surface area contributed by atoms with Gasteiger partial charge in [-0.05, 0) is 47.5 Å². The highest BCUT2D eigenvalue weighted by Gasteiger charge is 2.08. The molecule has 0 aliphatic rings. The third-order valence-electron chi connectivity index (χ3n) is 2.79. The van der Waals surface area contributed by atoms with Crippen LogP contribution in [0.1, 0.15) is 15.9 Å². The molecular formula is C14H14O3. The van der Waals surface area contributed by atoms with E-state index < -0.39 is 0 Å². The fourth-order valence-corrected chi connectivity index (χ4v) is 1.90. The van der Waals surface area contributed by atoms with Crippen LogP contribution in [0.3, 0.4) is 0 Å². The Morgan fingerprint density at radius 2 is 1.88 bits per heavy atom. The van der Waals surface area contributed by atoms with Crippen LogP contribution in [0.5, 0.6) is 5.75 Å². The molecular weight excluding hydrogens is 216 g/mol. The molecule has 0 bridgehead atoms. The van der Waals surface area contributed by atoms with Gasteiger partial charge in [0, 0.05) is 0 Å². The average Bonchev–Trinajstić information content (AvgIpc) is 2.36. The summed E-state index contributed by atoms with van der Waals surface area (Å²) in [7, 11) is 3.01. The van der Waals surface area contributed by atoms with Crippen LogP contribution < -0.4 is 4.74 Å². The van der Waals surface area contributed by atoms with Gasteiger partial charge in [-0.25, -0.2) is 4.79 Å². The number of ether oxygens (including phenoxy) is 2. The van der Waals surface area contributed by atoms with Gasteiger partial charge in [0.25, 0.3) is 0 Å². The summed E-state index contributed by atoms with van der Waals surface area (Å²) >= 11 is 0. The molecule has 0 N–H and O–H groups in total. The molecule has 2 rings (SSSR count). The zero-order chi connectivity index (χ0) is 12.4. The summed E-state index contributed by atoms with van der Waals surface area (Å²) in [5.41, 5.74) is 1.61. The predicted molar refractivity (Wildman–Crippen MR) is 66.6 cm³/mol. The van der Waals surface area contributed by atoms with Gasteiger partial charge in [-0.15, -0.1) is 0 Å². The molecule has 3 heteroatoms. The molecule has 3 nitrogen and oxygen atoms in total. The summed E-state index contributed by atoms with van der Waals surface area (Å²) in [6.45, 7) is 1.97. The van der Waals surface area contributed by atoms with Gasteiger partial charge in [0.1, 0.15) is 5.75 Å². The molecule has 0 radical (unpaired) electrons. The summed E-state index contributed by atoms with van der Waals surface area (Å²) in [5, 5.41) is 2.09. The van der Waals surface area contributed by atoms with Crippen LogP contribution in [0.4, 0.5) is 0 Å². The van der Waals surface area contributed by atoms with E-state index in [1.807, 2.05) is 37.3 Å².